The number of rotatable bonds is 6. The van der Waals surface area contributed by atoms with Gasteiger partial charge in [0.15, 0.2) is 6.04 Å². The molecular formula is C29H31N3O4. The van der Waals surface area contributed by atoms with E-state index in [0.29, 0.717) is 17.9 Å². The van der Waals surface area contributed by atoms with Crippen molar-refractivity contribution in [2.75, 3.05) is 5.32 Å². The van der Waals surface area contributed by atoms with E-state index in [1.807, 2.05) is 24.3 Å². The van der Waals surface area contributed by atoms with Gasteiger partial charge in [-0.15, -0.1) is 0 Å². The molecule has 0 aliphatic heterocycles. The van der Waals surface area contributed by atoms with Gasteiger partial charge < -0.3 is 20.0 Å². The second kappa shape index (κ2) is 10.8. The number of aryl methyl sites for hydroxylation is 1. The highest BCUT2D eigenvalue weighted by atomic mass is 16.3. The van der Waals surface area contributed by atoms with Crippen LogP contribution in [0, 0.1) is 0 Å². The number of carbonyl (C=O) groups is 3. The molecule has 0 saturated heterocycles. The van der Waals surface area contributed by atoms with E-state index in [0.717, 1.165) is 49.7 Å². The van der Waals surface area contributed by atoms with Crippen LogP contribution in [-0.2, 0) is 20.8 Å². The Bertz CT molecular complexity index is 1200. The molecule has 7 nitrogen and oxygen atoms in total. The maximum atomic E-state index is 13.9. The lowest BCUT2D eigenvalue weighted by Crippen LogP contribution is -2.50. The number of furan rings is 1. The third kappa shape index (κ3) is 5.05. The Morgan fingerprint density at radius 1 is 0.861 bits per heavy atom. The Morgan fingerprint density at radius 3 is 2.36 bits per heavy atom. The summed E-state index contributed by atoms with van der Waals surface area (Å²) in [6.45, 7) is 0. The summed E-state index contributed by atoms with van der Waals surface area (Å²) in [4.78, 5) is 42.4. The molecule has 1 heterocycles. The van der Waals surface area contributed by atoms with Gasteiger partial charge in [-0.2, -0.15) is 0 Å². The molecule has 1 aromatic heterocycles. The van der Waals surface area contributed by atoms with Gasteiger partial charge in [0.05, 0.1) is 12.3 Å². The number of hydrogen-bond acceptors (Lipinski definition) is 4. The molecule has 0 bridgehead atoms. The fourth-order valence-electron chi connectivity index (χ4n) is 5.47. The molecule has 186 valence electrons. The van der Waals surface area contributed by atoms with Gasteiger partial charge in [-0.1, -0.05) is 55.3 Å². The molecule has 2 aliphatic carbocycles. The molecule has 2 N–H and O–H groups in total. The van der Waals surface area contributed by atoms with E-state index in [2.05, 4.69) is 16.7 Å². The summed E-state index contributed by atoms with van der Waals surface area (Å²) in [5.41, 5.74) is 2.61. The summed E-state index contributed by atoms with van der Waals surface area (Å²) in [5, 5.41) is 5.83. The van der Waals surface area contributed by atoms with Crippen LogP contribution in [0.1, 0.15) is 67.5 Å². The quantitative estimate of drug-likeness (QED) is 0.485. The molecule has 3 aromatic rings. The minimum atomic E-state index is -1.06. The third-order valence-corrected chi connectivity index (χ3v) is 7.17. The molecule has 2 aromatic carbocycles. The predicted molar refractivity (Wildman–Crippen MR) is 136 cm³/mol. The average molecular weight is 486 g/mol. The summed E-state index contributed by atoms with van der Waals surface area (Å²) in [6, 6.07) is 18.8. The number of benzene rings is 2. The fourth-order valence-corrected chi connectivity index (χ4v) is 5.47. The molecule has 36 heavy (non-hydrogen) atoms. The van der Waals surface area contributed by atoms with Gasteiger partial charge in [-0.3, -0.25) is 14.4 Å². The summed E-state index contributed by atoms with van der Waals surface area (Å²) < 4.78 is 5.70. The van der Waals surface area contributed by atoms with Gasteiger partial charge in [0.2, 0.25) is 0 Å². The van der Waals surface area contributed by atoms with E-state index >= 15 is 0 Å². The molecule has 0 unspecified atom stereocenters. The highest BCUT2D eigenvalue weighted by Crippen LogP contribution is 2.40. The Kier molecular flexibility index (Phi) is 7.16. The van der Waals surface area contributed by atoms with Crippen LogP contribution in [-0.4, -0.2) is 28.7 Å². The van der Waals surface area contributed by atoms with E-state index in [4.69, 9.17) is 4.42 Å². The fraction of sp³-hybridized carbons (Fsp3) is 0.345. The van der Waals surface area contributed by atoms with Crippen molar-refractivity contribution in [3.63, 3.8) is 0 Å². The van der Waals surface area contributed by atoms with Crippen molar-refractivity contribution in [1.29, 1.82) is 0 Å². The zero-order valence-electron chi connectivity index (χ0n) is 20.2. The number of hydrogen-bond donors (Lipinski definition) is 2. The van der Waals surface area contributed by atoms with Crippen molar-refractivity contribution < 1.29 is 18.8 Å². The first-order valence-electron chi connectivity index (χ1n) is 12.7. The van der Waals surface area contributed by atoms with Gasteiger partial charge >= 0.3 is 11.8 Å². The number of nitrogens with one attached hydrogen (secondary N) is 2. The zero-order chi connectivity index (χ0) is 24.9. The number of para-hydroxylation sites is 1. The maximum absolute atomic E-state index is 13.9. The second-order valence-corrected chi connectivity index (χ2v) is 9.55. The van der Waals surface area contributed by atoms with Crippen LogP contribution >= 0.6 is 0 Å². The average Bonchev–Trinajstić information content (AvgIpc) is 3.62. The Hall–Kier alpha value is -3.87. The lowest BCUT2D eigenvalue weighted by molar-refractivity contribution is -0.151. The van der Waals surface area contributed by atoms with E-state index in [1.165, 1.54) is 11.2 Å². The highest BCUT2D eigenvalue weighted by molar-refractivity contribution is 6.40. The summed E-state index contributed by atoms with van der Waals surface area (Å²) >= 11 is 0. The smallest absolute Gasteiger partial charge is 0.313 e. The Balaban J connectivity index is 1.54. The van der Waals surface area contributed by atoms with E-state index in [1.54, 1.807) is 36.4 Å². The van der Waals surface area contributed by atoms with E-state index in [9.17, 15) is 14.4 Å². The second-order valence-electron chi connectivity index (χ2n) is 9.55. The summed E-state index contributed by atoms with van der Waals surface area (Å²) in [5.74, 6) is -1.52. The molecule has 2 aliphatic rings. The predicted octanol–water partition coefficient (Wildman–Crippen LogP) is 4.92. The van der Waals surface area contributed by atoms with Gasteiger partial charge in [-0.05, 0) is 67.5 Å². The number of nitrogens with zero attached hydrogens (tertiary/aromatic N) is 1. The van der Waals surface area contributed by atoms with Gasteiger partial charge in [0, 0.05) is 11.7 Å². The van der Waals surface area contributed by atoms with Crippen molar-refractivity contribution in [3.8, 4) is 0 Å². The van der Waals surface area contributed by atoms with E-state index in [-0.39, 0.29) is 11.9 Å². The molecular weight excluding hydrogens is 454 g/mol. The first kappa shape index (κ1) is 23.9. The van der Waals surface area contributed by atoms with Crippen LogP contribution in [0.15, 0.2) is 77.4 Å². The topological polar surface area (TPSA) is 91.7 Å². The van der Waals surface area contributed by atoms with Crippen LogP contribution in [0.4, 0.5) is 5.69 Å². The largest absolute Gasteiger partial charge is 0.467 e. The van der Waals surface area contributed by atoms with Crippen molar-refractivity contribution in [1.82, 2.24) is 10.2 Å². The van der Waals surface area contributed by atoms with Crippen LogP contribution in [0.25, 0.3) is 0 Å². The normalized spacial score (nSPS) is 18.2. The molecule has 0 radical (unpaired) electrons. The Morgan fingerprint density at radius 2 is 1.61 bits per heavy atom. The Labute approximate surface area is 210 Å². The van der Waals surface area contributed by atoms with Crippen LogP contribution in [0.5, 0.6) is 0 Å². The number of anilines is 1. The molecule has 3 amide bonds. The molecule has 5 rings (SSSR count). The molecule has 1 saturated carbocycles. The minimum Gasteiger partial charge on any atom is -0.467 e. The van der Waals surface area contributed by atoms with Crippen molar-refractivity contribution in [2.45, 2.75) is 63.1 Å². The maximum Gasteiger partial charge on any atom is 0.313 e. The third-order valence-electron chi connectivity index (χ3n) is 7.17. The minimum absolute atomic E-state index is 0.0590. The first-order chi connectivity index (χ1) is 17.6. The van der Waals surface area contributed by atoms with Crippen LogP contribution in [0.2, 0.25) is 0 Å². The molecule has 1 fully saturated rings. The van der Waals surface area contributed by atoms with E-state index < -0.39 is 23.9 Å². The van der Waals surface area contributed by atoms with Crippen molar-refractivity contribution in [2.24, 2.45) is 0 Å². The van der Waals surface area contributed by atoms with Gasteiger partial charge in [-0.25, -0.2) is 0 Å². The number of fused-ring (bicyclic) bond motifs is 1. The lowest BCUT2D eigenvalue weighted by Gasteiger charge is -2.39. The molecule has 7 heteroatoms. The SMILES string of the molecule is O=C(Nc1ccccc1)C(=O)N([C@H](C(=O)NC1CCCC1)c1ccco1)[C@H]1CCCc2ccccc21. The standard InChI is InChI=1S/C29H31N3O4/c33-27(30-21-14-5-6-15-21)26(25-18-9-19-36-25)32(24-17-8-11-20-10-4-7-16-23(20)24)29(35)28(34)31-22-12-2-1-3-13-22/h1-4,7,9-10,12-13,16,18-19,21,24,26H,5-6,8,11,14-15,17H2,(H,30,33)(H,31,34)/t24-,26-/m0/s1. The monoisotopic (exact) mass is 485 g/mol. The van der Waals surface area contributed by atoms with Crippen molar-refractivity contribution >= 4 is 23.4 Å². The van der Waals surface area contributed by atoms with Crippen molar-refractivity contribution in [3.05, 3.63) is 89.9 Å². The lowest BCUT2D eigenvalue weighted by atomic mass is 9.85. The first-order valence-corrected chi connectivity index (χ1v) is 12.7. The number of carbonyl (C=O) groups excluding carboxylic acids is 3. The van der Waals surface area contributed by atoms with Crippen LogP contribution in [0.3, 0.4) is 0 Å². The summed E-state index contributed by atoms with van der Waals surface area (Å²) in [6.07, 6.45) is 7.83. The molecule has 2 atom stereocenters. The summed E-state index contributed by atoms with van der Waals surface area (Å²) in [7, 11) is 0. The van der Waals surface area contributed by atoms with Gasteiger partial charge in [0.1, 0.15) is 5.76 Å². The highest BCUT2D eigenvalue weighted by Gasteiger charge is 2.43. The molecule has 0 spiro atoms. The zero-order valence-corrected chi connectivity index (χ0v) is 20.2. The van der Waals surface area contributed by atoms with Gasteiger partial charge in [0.25, 0.3) is 5.91 Å². The van der Waals surface area contributed by atoms with Crippen LogP contribution < -0.4 is 10.6 Å². The number of amides is 3.